The number of anilines is 2. The lowest BCUT2D eigenvalue weighted by molar-refractivity contribution is 0.282. The maximum Gasteiger partial charge on any atom is 0.139 e. The van der Waals surface area contributed by atoms with Gasteiger partial charge in [-0.1, -0.05) is 24.3 Å². The number of rotatable bonds is 4. The van der Waals surface area contributed by atoms with Crippen molar-refractivity contribution in [1.82, 2.24) is 26.9 Å². The SMILES string of the molecule is OCc1cccc(Nc2nc3cc(C4NNNN4)ccc3c3sccc23)c1. The van der Waals surface area contributed by atoms with Gasteiger partial charge in [-0.3, -0.25) is 0 Å². The highest BCUT2D eigenvalue weighted by Crippen LogP contribution is 2.35. The van der Waals surface area contributed by atoms with Crippen molar-refractivity contribution >= 4 is 43.8 Å². The van der Waals surface area contributed by atoms with E-state index in [9.17, 15) is 5.11 Å². The number of aromatic nitrogens is 1. The molecule has 7 nitrogen and oxygen atoms in total. The summed E-state index contributed by atoms with van der Waals surface area (Å²) in [6.07, 6.45) is -0.0344. The van der Waals surface area contributed by atoms with Crippen molar-refractivity contribution < 1.29 is 5.11 Å². The van der Waals surface area contributed by atoms with E-state index in [-0.39, 0.29) is 12.8 Å². The monoisotopic (exact) mass is 378 g/mol. The Morgan fingerprint density at radius 3 is 2.78 bits per heavy atom. The van der Waals surface area contributed by atoms with Crippen molar-refractivity contribution in [3.63, 3.8) is 0 Å². The number of pyridine rings is 1. The summed E-state index contributed by atoms with van der Waals surface area (Å²) in [4.78, 5) is 4.90. The van der Waals surface area contributed by atoms with Crippen molar-refractivity contribution in [1.29, 1.82) is 0 Å². The van der Waals surface area contributed by atoms with Crippen LogP contribution >= 0.6 is 11.3 Å². The number of fused-ring (bicyclic) bond motifs is 3. The fourth-order valence-electron chi connectivity index (χ4n) is 3.30. The molecule has 6 N–H and O–H groups in total. The lowest BCUT2D eigenvalue weighted by Gasteiger charge is -2.13. The summed E-state index contributed by atoms with van der Waals surface area (Å²) in [7, 11) is 0. The maximum absolute atomic E-state index is 9.38. The van der Waals surface area contributed by atoms with E-state index in [2.05, 4.69) is 56.9 Å². The second-order valence-corrected chi connectivity index (χ2v) is 7.27. The van der Waals surface area contributed by atoms with Crippen molar-refractivity contribution in [2.75, 3.05) is 5.32 Å². The van der Waals surface area contributed by atoms with Gasteiger partial charge in [0.15, 0.2) is 0 Å². The number of benzene rings is 2. The number of aliphatic hydroxyl groups is 1. The van der Waals surface area contributed by atoms with E-state index in [4.69, 9.17) is 4.98 Å². The zero-order valence-corrected chi connectivity index (χ0v) is 15.1. The van der Waals surface area contributed by atoms with Gasteiger partial charge in [0.1, 0.15) is 12.0 Å². The van der Waals surface area contributed by atoms with Crippen LogP contribution in [0.1, 0.15) is 17.3 Å². The standard InChI is InChI=1S/C19H18N6OS/c26-10-11-2-1-3-13(8-11)20-19-15-6-7-27-17(15)14-5-4-12(9-16(14)21-19)18-22-24-25-23-18/h1-9,18,22-26H,10H2,(H,20,21). The number of hydrazine groups is 3. The number of nitrogens with one attached hydrogen (secondary N) is 5. The summed E-state index contributed by atoms with van der Waals surface area (Å²) in [6.45, 7) is 0.0152. The largest absolute Gasteiger partial charge is 0.392 e. The molecular formula is C19H18N6OS. The summed E-state index contributed by atoms with van der Waals surface area (Å²) in [5.74, 6) is 0.814. The van der Waals surface area contributed by atoms with Crippen LogP contribution in [0.2, 0.25) is 0 Å². The Morgan fingerprint density at radius 1 is 1.04 bits per heavy atom. The first kappa shape index (κ1) is 16.6. The van der Waals surface area contributed by atoms with Crippen molar-refractivity contribution in [3.05, 3.63) is 65.0 Å². The van der Waals surface area contributed by atoms with Crippen LogP contribution in [0.15, 0.2) is 53.9 Å². The highest BCUT2D eigenvalue weighted by atomic mass is 32.1. The van der Waals surface area contributed by atoms with Crippen LogP contribution < -0.4 is 27.2 Å². The van der Waals surface area contributed by atoms with Crippen molar-refractivity contribution in [2.24, 2.45) is 0 Å². The second-order valence-electron chi connectivity index (χ2n) is 6.36. The third kappa shape index (κ3) is 3.04. The first-order valence-corrected chi connectivity index (χ1v) is 9.48. The topological polar surface area (TPSA) is 93.3 Å². The summed E-state index contributed by atoms with van der Waals surface area (Å²) < 4.78 is 1.20. The minimum atomic E-state index is -0.0344. The summed E-state index contributed by atoms with van der Waals surface area (Å²) in [5, 5.41) is 17.1. The van der Waals surface area contributed by atoms with Gasteiger partial charge in [0, 0.05) is 21.2 Å². The molecule has 3 heterocycles. The van der Waals surface area contributed by atoms with Gasteiger partial charge in [-0.05, 0) is 40.8 Å². The molecule has 0 spiro atoms. The molecule has 1 saturated heterocycles. The quantitative estimate of drug-likeness (QED) is 0.325. The van der Waals surface area contributed by atoms with E-state index in [0.717, 1.165) is 38.9 Å². The normalized spacial score (nSPS) is 15.0. The van der Waals surface area contributed by atoms with Crippen molar-refractivity contribution in [2.45, 2.75) is 12.8 Å². The molecule has 0 amide bonds. The van der Waals surface area contributed by atoms with Gasteiger partial charge in [0.2, 0.25) is 0 Å². The Kier molecular flexibility index (Phi) is 4.21. The predicted molar refractivity (Wildman–Crippen MR) is 108 cm³/mol. The highest BCUT2D eigenvalue weighted by Gasteiger charge is 2.17. The molecule has 1 fully saturated rings. The highest BCUT2D eigenvalue weighted by molar-refractivity contribution is 7.18. The van der Waals surface area contributed by atoms with Crippen LogP contribution in [0.25, 0.3) is 21.0 Å². The Labute approximate surface area is 159 Å². The number of hydrogen-bond donors (Lipinski definition) is 6. The molecule has 2 aromatic heterocycles. The molecule has 4 aromatic rings. The van der Waals surface area contributed by atoms with Crippen LogP contribution in [0.4, 0.5) is 11.5 Å². The van der Waals surface area contributed by atoms with Crippen LogP contribution in [-0.4, -0.2) is 10.1 Å². The van der Waals surface area contributed by atoms with Crippen molar-refractivity contribution in [3.8, 4) is 0 Å². The zero-order valence-electron chi connectivity index (χ0n) is 14.3. The van der Waals surface area contributed by atoms with Crippen LogP contribution in [0.5, 0.6) is 0 Å². The maximum atomic E-state index is 9.38. The number of nitrogens with zero attached hydrogens (tertiary/aromatic N) is 1. The molecule has 0 aliphatic carbocycles. The molecule has 0 atom stereocenters. The molecule has 136 valence electrons. The number of thiophene rings is 1. The average Bonchev–Trinajstić information content (AvgIpc) is 3.40. The fraction of sp³-hybridized carbons (Fsp3) is 0.105. The van der Waals surface area contributed by atoms with Gasteiger partial charge in [0.05, 0.1) is 12.1 Å². The predicted octanol–water partition coefficient (Wildman–Crippen LogP) is 2.80. The van der Waals surface area contributed by atoms with E-state index >= 15 is 0 Å². The molecule has 2 aromatic carbocycles. The summed E-state index contributed by atoms with van der Waals surface area (Å²) >= 11 is 1.71. The molecular weight excluding hydrogens is 360 g/mol. The van der Waals surface area contributed by atoms with E-state index < -0.39 is 0 Å². The Balaban J connectivity index is 1.62. The Bertz CT molecular complexity index is 1120. The first-order chi connectivity index (χ1) is 13.3. The molecule has 0 bridgehead atoms. The summed E-state index contributed by atoms with van der Waals surface area (Å²) in [5.41, 5.74) is 15.7. The number of hydrogen-bond acceptors (Lipinski definition) is 8. The lowest BCUT2D eigenvalue weighted by Crippen LogP contribution is -2.33. The van der Waals surface area contributed by atoms with E-state index in [0.29, 0.717) is 0 Å². The van der Waals surface area contributed by atoms with E-state index in [1.54, 1.807) is 11.3 Å². The second kappa shape index (κ2) is 6.86. The first-order valence-electron chi connectivity index (χ1n) is 8.60. The Morgan fingerprint density at radius 2 is 1.93 bits per heavy atom. The van der Waals surface area contributed by atoms with Gasteiger partial charge >= 0.3 is 0 Å². The smallest absolute Gasteiger partial charge is 0.139 e. The third-order valence-corrected chi connectivity index (χ3v) is 5.57. The molecule has 1 aliphatic heterocycles. The average molecular weight is 378 g/mol. The fourth-order valence-corrected chi connectivity index (χ4v) is 4.23. The van der Waals surface area contributed by atoms with Gasteiger partial charge in [-0.2, -0.15) is 11.1 Å². The van der Waals surface area contributed by atoms with E-state index in [1.807, 2.05) is 24.3 Å². The van der Waals surface area contributed by atoms with E-state index in [1.165, 1.54) is 4.70 Å². The third-order valence-electron chi connectivity index (χ3n) is 4.62. The molecule has 0 saturated carbocycles. The van der Waals surface area contributed by atoms with Crippen LogP contribution in [0, 0.1) is 0 Å². The molecule has 27 heavy (non-hydrogen) atoms. The van der Waals surface area contributed by atoms with Crippen LogP contribution in [0.3, 0.4) is 0 Å². The molecule has 1 aliphatic rings. The van der Waals surface area contributed by atoms with Crippen LogP contribution in [-0.2, 0) is 6.61 Å². The minimum absolute atomic E-state index is 0.0152. The minimum Gasteiger partial charge on any atom is -0.392 e. The van der Waals surface area contributed by atoms with Gasteiger partial charge < -0.3 is 10.4 Å². The molecule has 0 unspecified atom stereocenters. The lowest BCUT2D eigenvalue weighted by atomic mass is 10.1. The molecule has 8 heteroatoms. The van der Waals surface area contributed by atoms with Gasteiger partial charge in [-0.25, -0.2) is 15.8 Å². The summed E-state index contributed by atoms with van der Waals surface area (Å²) in [6, 6.07) is 16.1. The Hall–Kier alpha value is -2.59. The molecule has 5 rings (SSSR count). The zero-order chi connectivity index (χ0) is 18.2. The molecule has 0 radical (unpaired) electrons. The van der Waals surface area contributed by atoms with Gasteiger partial charge in [-0.15, -0.1) is 11.3 Å². The van der Waals surface area contributed by atoms with Gasteiger partial charge in [0.25, 0.3) is 0 Å². The number of aliphatic hydroxyl groups excluding tert-OH is 1.